The van der Waals surface area contributed by atoms with E-state index < -0.39 is 0 Å². The van der Waals surface area contributed by atoms with Gasteiger partial charge in [0.15, 0.2) is 0 Å². The van der Waals surface area contributed by atoms with Gasteiger partial charge in [0.25, 0.3) is 0 Å². The van der Waals surface area contributed by atoms with E-state index in [4.69, 9.17) is 0 Å². The molecule has 118 valence electrons. The molecule has 0 spiro atoms. The molecule has 6 nitrogen and oxygen atoms in total. The minimum atomic E-state index is 0.512. The van der Waals surface area contributed by atoms with Gasteiger partial charge in [0, 0.05) is 43.6 Å². The Kier molecular flexibility index (Phi) is 4.68. The molecule has 1 N–H and O–H groups in total. The summed E-state index contributed by atoms with van der Waals surface area (Å²) in [5.41, 5.74) is 2.23. The Hall–Kier alpha value is -1.95. The monoisotopic (exact) mass is 300 g/mol. The molecule has 1 aliphatic rings. The number of rotatable bonds is 5. The molecule has 0 bridgehead atoms. The van der Waals surface area contributed by atoms with E-state index in [1.807, 2.05) is 23.9 Å². The standard InChI is InChI=1S/C16H24N6/c1-13-10-19-22(11-13)8-7-21-5-3-15(4-6-21)20-16-9-14(2)17-12-18-16/h9-12,15H,3-8H2,1-2H3,(H,17,18,20). The van der Waals surface area contributed by atoms with Crippen LogP contribution in [0.3, 0.4) is 0 Å². The van der Waals surface area contributed by atoms with E-state index in [1.54, 1.807) is 6.33 Å². The van der Waals surface area contributed by atoms with Gasteiger partial charge in [-0.3, -0.25) is 4.68 Å². The number of hydrogen-bond acceptors (Lipinski definition) is 5. The van der Waals surface area contributed by atoms with Gasteiger partial charge < -0.3 is 10.2 Å². The Morgan fingerprint density at radius 3 is 2.68 bits per heavy atom. The van der Waals surface area contributed by atoms with Gasteiger partial charge in [-0.15, -0.1) is 0 Å². The van der Waals surface area contributed by atoms with Crippen LogP contribution in [0.15, 0.2) is 24.8 Å². The van der Waals surface area contributed by atoms with Crippen molar-refractivity contribution in [1.82, 2.24) is 24.6 Å². The molecule has 1 aliphatic heterocycles. The molecule has 2 aromatic rings. The van der Waals surface area contributed by atoms with Crippen LogP contribution in [0.25, 0.3) is 0 Å². The molecule has 3 heterocycles. The number of hydrogen-bond donors (Lipinski definition) is 1. The highest BCUT2D eigenvalue weighted by atomic mass is 15.3. The van der Waals surface area contributed by atoms with Crippen LogP contribution < -0.4 is 5.32 Å². The number of anilines is 1. The summed E-state index contributed by atoms with van der Waals surface area (Å²) in [4.78, 5) is 10.9. The molecule has 3 rings (SSSR count). The third-order valence-corrected chi connectivity index (χ3v) is 4.15. The summed E-state index contributed by atoms with van der Waals surface area (Å²) in [6.07, 6.45) is 7.95. The van der Waals surface area contributed by atoms with Gasteiger partial charge in [-0.2, -0.15) is 5.10 Å². The predicted molar refractivity (Wildman–Crippen MR) is 86.8 cm³/mol. The molecule has 6 heteroatoms. The lowest BCUT2D eigenvalue weighted by molar-refractivity contribution is 0.209. The van der Waals surface area contributed by atoms with E-state index >= 15 is 0 Å². The third kappa shape index (κ3) is 4.04. The van der Waals surface area contributed by atoms with Crippen molar-refractivity contribution in [3.8, 4) is 0 Å². The zero-order valence-electron chi connectivity index (χ0n) is 13.4. The Balaban J connectivity index is 1.42. The van der Waals surface area contributed by atoms with Crippen LogP contribution >= 0.6 is 0 Å². The first kappa shape index (κ1) is 15.0. The molecule has 0 saturated carbocycles. The van der Waals surface area contributed by atoms with Crippen LogP contribution in [0.5, 0.6) is 0 Å². The number of aryl methyl sites for hydroxylation is 2. The van der Waals surface area contributed by atoms with Crippen molar-refractivity contribution in [2.45, 2.75) is 39.3 Å². The maximum atomic E-state index is 4.34. The lowest BCUT2D eigenvalue weighted by Gasteiger charge is -2.32. The topological polar surface area (TPSA) is 58.9 Å². The van der Waals surface area contributed by atoms with Crippen LogP contribution in [-0.4, -0.2) is 50.3 Å². The second-order valence-electron chi connectivity index (χ2n) is 6.09. The molecule has 1 saturated heterocycles. The lowest BCUT2D eigenvalue weighted by Crippen LogP contribution is -2.40. The summed E-state index contributed by atoms with van der Waals surface area (Å²) in [5.74, 6) is 0.943. The number of nitrogens with one attached hydrogen (secondary N) is 1. The third-order valence-electron chi connectivity index (χ3n) is 4.15. The van der Waals surface area contributed by atoms with Gasteiger partial charge >= 0.3 is 0 Å². The molecule has 0 radical (unpaired) electrons. The van der Waals surface area contributed by atoms with E-state index in [9.17, 15) is 0 Å². The minimum Gasteiger partial charge on any atom is -0.367 e. The largest absolute Gasteiger partial charge is 0.367 e. The van der Waals surface area contributed by atoms with Gasteiger partial charge in [0.1, 0.15) is 12.1 Å². The molecule has 1 fully saturated rings. The van der Waals surface area contributed by atoms with Crippen molar-refractivity contribution >= 4 is 5.82 Å². The van der Waals surface area contributed by atoms with E-state index in [0.29, 0.717) is 6.04 Å². The Morgan fingerprint density at radius 1 is 1.18 bits per heavy atom. The highest BCUT2D eigenvalue weighted by Gasteiger charge is 2.19. The van der Waals surface area contributed by atoms with E-state index in [1.165, 1.54) is 5.56 Å². The van der Waals surface area contributed by atoms with Crippen LogP contribution in [0, 0.1) is 13.8 Å². The van der Waals surface area contributed by atoms with Gasteiger partial charge in [-0.1, -0.05) is 0 Å². The summed E-state index contributed by atoms with van der Waals surface area (Å²) in [7, 11) is 0. The van der Waals surface area contributed by atoms with Crippen LogP contribution in [0.1, 0.15) is 24.1 Å². The second kappa shape index (κ2) is 6.87. The summed E-state index contributed by atoms with van der Waals surface area (Å²) >= 11 is 0. The molecule has 0 amide bonds. The van der Waals surface area contributed by atoms with E-state index in [0.717, 1.165) is 50.5 Å². The van der Waals surface area contributed by atoms with Crippen LogP contribution in [0.4, 0.5) is 5.82 Å². The maximum absolute atomic E-state index is 4.34. The molecule has 0 unspecified atom stereocenters. The average molecular weight is 300 g/mol. The fourth-order valence-corrected chi connectivity index (χ4v) is 2.88. The Labute approximate surface area is 131 Å². The summed E-state index contributed by atoms with van der Waals surface area (Å²) in [6, 6.07) is 2.52. The molecule has 2 aromatic heterocycles. The van der Waals surface area contributed by atoms with Crippen molar-refractivity contribution in [3.63, 3.8) is 0 Å². The first-order valence-electron chi connectivity index (χ1n) is 7.95. The molecule has 0 atom stereocenters. The van der Waals surface area contributed by atoms with Crippen molar-refractivity contribution in [3.05, 3.63) is 36.0 Å². The fraction of sp³-hybridized carbons (Fsp3) is 0.562. The van der Waals surface area contributed by atoms with Crippen molar-refractivity contribution in [2.75, 3.05) is 25.0 Å². The van der Waals surface area contributed by atoms with Crippen molar-refractivity contribution in [1.29, 1.82) is 0 Å². The van der Waals surface area contributed by atoms with E-state index in [2.05, 4.69) is 38.4 Å². The zero-order valence-corrected chi connectivity index (χ0v) is 13.4. The van der Waals surface area contributed by atoms with E-state index in [-0.39, 0.29) is 0 Å². The average Bonchev–Trinajstić information content (AvgIpc) is 2.92. The number of piperidine rings is 1. The highest BCUT2D eigenvalue weighted by Crippen LogP contribution is 2.15. The maximum Gasteiger partial charge on any atom is 0.129 e. The molecular formula is C16H24N6. The Bertz CT molecular complexity index is 600. The minimum absolute atomic E-state index is 0.512. The van der Waals surface area contributed by atoms with Gasteiger partial charge in [-0.05, 0) is 32.3 Å². The fourth-order valence-electron chi connectivity index (χ4n) is 2.88. The SMILES string of the molecule is Cc1cnn(CCN2CCC(Nc3cc(C)ncn3)CC2)c1. The molecule has 0 aromatic carbocycles. The lowest BCUT2D eigenvalue weighted by atomic mass is 10.1. The normalized spacial score (nSPS) is 16.8. The molecule has 22 heavy (non-hydrogen) atoms. The van der Waals surface area contributed by atoms with Crippen LogP contribution in [0.2, 0.25) is 0 Å². The first-order valence-corrected chi connectivity index (χ1v) is 7.95. The summed E-state index contributed by atoms with van der Waals surface area (Å²) < 4.78 is 2.03. The van der Waals surface area contributed by atoms with Gasteiger partial charge in [0.2, 0.25) is 0 Å². The first-order chi connectivity index (χ1) is 10.7. The predicted octanol–water partition coefficient (Wildman–Crippen LogP) is 1.87. The summed E-state index contributed by atoms with van der Waals surface area (Å²) in [5, 5.41) is 7.87. The number of likely N-dealkylation sites (tertiary alicyclic amines) is 1. The highest BCUT2D eigenvalue weighted by molar-refractivity contribution is 5.35. The van der Waals surface area contributed by atoms with Crippen LogP contribution in [-0.2, 0) is 6.54 Å². The number of aromatic nitrogens is 4. The summed E-state index contributed by atoms with van der Waals surface area (Å²) in [6.45, 7) is 8.36. The van der Waals surface area contributed by atoms with Crippen molar-refractivity contribution in [2.24, 2.45) is 0 Å². The molecule has 0 aliphatic carbocycles. The quantitative estimate of drug-likeness (QED) is 0.913. The number of nitrogens with zero attached hydrogens (tertiary/aromatic N) is 5. The van der Waals surface area contributed by atoms with Gasteiger partial charge in [0.05, 0.1) is 12.7 Å². The smallest absolute Gasteiger partial charge is 0.129 e. The zero-order chi connectivity index (χ0) is 15.4. The molecular weight excluding hydrogens is 276 g/mol. The van der Waals surface area contributed by atoms with Gasteiger partial charge in [-0.25, -0.2) is 9.97 Å². The Morgan fingerprint density at radius 2 is 2.00 bits per heavy atom. The second-order valence-corrected chi connectivity index (χ2v) is 6.09. The van der Waals surface area contributed by atoms with Crippen molar-refractivity contribution < 1.29 is 0 Å².